The van der Waals surface area contributed by atoms with Gasteiger partial charge in [-0.1, -0.05) is 11.6 Å². The van der Waals surface area contributed by atoms with Crippen LogP contribution in [0.15, 0.2) is 18.2 Å². The van der Waals surface area contributed by atoms with Crippen molar-refractivity contribution in [3.63, 3.8) is 0 Å². The van der Waals surface area contributed by atoms with Gasteiger partial charge in [0.2, 0.25) is 0 Å². The fourth-order valence-electron chi connectivity index (χ4n) is 6.73. The molecular weight excluding hydrogens is 407 g/mol. The highest BCUT2D eigenvalue weighted by Gasteiger charge is 2.50. The van der Waals surface area contributed by atoms with E-state index in [2.05, 4.69) is 10.6 Å². The van der Waals surface area contributed by atoms with Gasteiger partial charge in [-0.3, -0.25) is 4.79 Å². The SMILES string of the molecule is Cl.O=C(NCC12CC3CC(CC(C3)C1)C2)c1cc(OC2CCNCC2)ccc1Cl. The second-order valence-electron chi connectivity index (χ2n) is 9.81. The van der Waals surface area contributed by atoms with Crippen LogP contribution in [0.1, 0.15) is 61.7 Å². The maximum Gasteiger partial charge on any atom is 0.252 e. The van der Waals surface area contributed by atoms with Crippen molar-refractivity contribution >= 4 is 29.9 Å². The van der Waals surface area contributed by atoms with Crippen molar-refractivity contribution < 1.29 is 9.53 Å². The van der Waals surface area contributed by atoms with Crippen LogP contribution >= 0.6 is 24.0 Å². The summed E-state index contributed by atoms with van der Waals surface area (Å²) in [5.41, 5.74) is 0.873. The van der Waals surface area contributed by atoms with Gasteiger partial charge in [0.25, 0.3) is 5.91 Å². The van der Waals surface area contributed by atoms with Crippen molar-refractivity contribution in [2.75, 3.05) is 19.6 Å². The summed E-state index contributed by atoms with van der Waals surface area (Å²) < 4.78 is 6.10. The van der Waals surface area contributed by atoms with Crippen LogP contribution in [-0.4, -0.2) is 31.6 Å². The lowest BCUT2D eigenvalue weighted by Crippen LogP contribution is -2.51. The normalized spacial score (nSPS) is 33.2. The highest BCUT2D eigenvalue weighted by atomic mass is 35.5. The molecule has 5 fully saturated rings. The maximum atomic E-state index is 12.9. The van der Waals surface area contributed by atoms with Crippen LogP contribution in [0.3, 0.4) is 0 Å². The van der Waals surface area contributed by atoms with Gasteiger partial charge in [-0.25, -0.2) is 0 Å². The molecule has 1 heterocycles. The van der Waals surface area contributed by atoms with Gasteiger partial charge in [-0.15, -0.1) is 12.4 Å². The van der Waals surface area contributed by atoms with Gasteiger partial charge >= 0.3 is 0 Å². The van der Waals surface area contributed by atoms with Gasteiger partial charge in [-0.05, 0) is 106 Å². The van der Waals surface area contributed by atoms with E-state index in [9.17, 15) is 4.79 Å². The molecule has 6 rings (SSSR count). The summed E-state index contributed by atoms with van der Waals surface area (Å²) in [5.74, 6) is 3.38. The standard InChI is InChI=1S/C23H31ClN2O2.ClH/c24-21-2-1-19(28-18-3-5-25-6-4-18)10-20(21)22(27)26-14-23-11-15-7-16(12-23)9-17(8-15)13-23;/h1-2,10,15-18,25H,3-9,11-14H2,(H,26,27);1H. The summed E-state index contributed by atoms with van der Waals surface area (Å²) >= 11 is 6.36. The van der Waals surface area contributed by atoms with Crippen LogP contribution in [-0.2, 0) is 0 Å². The third-order valence-corrected chi connectivity index (χ3v) is 7.89. The second kappa shape index (κ2) is 8.64. The van der Waals surface area contributed by atoms with Crippen molar-refractivity contribution in [1.29, 1.82) is 0 Å². The number of carbonyl (C=O) groups excluding carboxylic acids is 1. The minimum Gasteiger partial charge on any atom is -0.490 e. The molecule has 1 aliphatic heterocycles. The first kappa shape index (κ1) is 21.3. The quantitative estimate of drug-likeness (QED) is 0.691. The van der Waals surface area contributed by atoms with Gasteiger partial charge in [-0.2, -0.15) is 0 Å². The summed E-state index contributed by atoms with van der Waals surface area (Å²) in [6.45, 7) is 2.76. The van der Waals surface area contributed by atoms with Crippen LogP contribution in [0.5, 0.6) is 5.75 Å². The number of carbonyl (C=O) groups is 1. The van der Waals surface area contributed by atoms with Crippen molar-refractivity contribution in [1.82, 2.24) is 10.6 Å². The third kappa shape index (κ3) is 4.55. The smallest absolute Gasteiger partial charge is 0.252 e. The van der Waals surface area contributed by atoms with Crippen molar-refractivity contribution in [3.8, 4) is 5.75 Å². The molecule has 2 N–H and O–H groups in total. The molecule has 0 spiro atoms. The lowest BCUT2D eigenvalue weighted by molar-refractivity contribution is -0.0503. The number of hydrogen-bond acceptors (Lipinski definition) is 3. The molecule has 29 heavy (non-hydrogen) atoms. The van der Waals surface area contributed by atoms with E-state index in [4.69, 9.17) is 16.3 Å². The Morgan fingerprint density at radius 2 is 1.72 bits per heavy atom. The molecule has 1 amide bonds. The lowest BCUT2D eigenvalue weighted by atomic mass is 9.49. The maximum absolute atomic E-state index is 12.9. The van der Waals surface area contributed by atoms with E-state index in [0.717, 1.165) is 56.0 Å². The molecule has 4 nitrogen and oxygen atoms in total. The van der Waals surface area contributed by atoms with Gasteiger partial charge < -0.3 is 15.4 Å². The number of ether oxygens (including phenoxy) is 1. The first-order chi connectivity index (χ1) is 13.6. The van der Waals surface area contributed by atoms with E-state index in [-0.39, 0.29) is 24.4 Å². The van der Waals surface area contributed by atoms with Crippen molar-refractivity contribution in [2.45, 2.75) is 57.5 Å². The summed E-state index contributed by atoms with van der Waals surface area (Å²) in [5, 5.41) is 7.08. The topological polar surface area (TPSA) is 50.4 Å². The van der Waals surface area contributed by atoms with Crippen molar-refractivity contribution in [2.24, 2.45) is 23.2 Å². The van der Waals surface area contributed by atoms with E-state index >= 15 is 0 Å². The summed E-state index contributed by atoms with van der Waals surface area (Å²) in [4.78, 5) is 12.9. The van der Waals surface area contributed by atoms with Crippen LogP contribution < -0.4 is 15.4 Å². The Hall–Kier alpha value is -0.970. The number of benzene rings is 1. The zero-order chi connectivity index (χ0) is 19.1. The summed E-state index contributed by atoms with van der Waals surface area (Å²) in [6.07, 6.45) is 10.4. The fourth-order valence-corrected chi connectivity index (χ4v) is 6.93. The van der Waals surface area contributed by atoms with E-state index in [1.807, 2.05) is 12.1 Å². The summed E-state index contributed by atoms with van der Waals surface area (Å²) in [7, 11) is 0. The molecule has 1 saturated heterocycles. The Morgan fingerprint density at radius 3 is 2.34 bits per heavy atom. The summed E-state index contributed by atoms with van der Waals surface area (Å²) in [6, 6.07) is 5.48. The molecule has 0 aromatic heterocycles. The number of halogens is 2. The largest absolute Gasteiger partial charge is 0.490 e. The highest BCUT2D eigenvalue weighted by Crippen LogP contribution is 2.59. The Kier molecular flexibility index (Phi) is 6.34. The Balaban J connectivity index is 0.00000205. The Bertz CT molecular complexity index is 713. The number of rotatable bonds is 5. The predicted octanol–water partition coefficient (Wildman–Crippen LogP) is 4.84. The van der Waals surface area contributed by atoms with E-state index in [1.165, 1.54) is 38.5 Å². The first-order valence-electron chi connectivity index (χ1n) is 11.0. The average molecular weight is 439 g/mol. The predicted molar refractivity (Wildman–Crippen MR) is 118 cm³/mol. The molecular formula is C23H32Cl2N2O2. The van der Waals surface area contributed by atoms with Gasteiger partial charge in [0.1, 0.15) is 11.9 Å². The van der Waals surface area contributed by atoms with E-state index < -0.39 is 0 Å². The molecule has 0 unspecified atom stereocenters. The van der Waals surface area contributed by atoms with Gasteiger partial charge in [0, 0.05) is 6.54 Å². The second-order valence-corrected chi connectivity index (χ2v) is 10.2. The molecule has 1 aromatic carbocycles. The molecule has 5 aliphatic rings. The molecule has 0 atom stereocenters. The van der Waals surface area contributed by atoms with Crippen LogP contribution in [0.2, 0.25) is 5.02 Å². The molecule has 6 heteroatoms. The van der Waals surface area contributed by atoms with Crippen LogP contribution in [0, 0.1) is 23.2 Å². The molecule has 4 aliphatic carbocycles. The molecule has 160 valence electrons. The van der Waals surface area contributed by atoms with Crippen molar-refractivity contribution in [3.05, 3.63) is 28.8 Å². The zero-order valence-corrected chi connectivity index (χ0v) is 18.5. The number of amides is 1. The van der Waals surface area contributed by atoms with Crippen LogP contribution in [0.25, 0.3) is 0 Å². The van der Waals surface area contributed by atoms with Gasteiger partial charge in [0.15, 0.2) is 0 Å². The zero-order valence-electron chi connectivity index (χ0n) is 16.9. The molecule has 0 radical (unpaired) electrons. The Morgan fingerprint density at radius 1 is 1.10 bits per heavy atom. The molecule has 4 saturated carbocycles. The Labute approximate surface area is 184 Å². The third-order valence-electron chi connectivity index (χ3n) is 7.56. The van der Waals surface area contributed by atoms with Gasteiger partial charge in [0.05, 0.1) is 10.6 Å². The van der Waals surface area contributed by atoms with E-state index in [0.29, 0.717) is 16.0 Å². The average Bonchev–Trinajstić information content (AvgIpc) is 2.67. The monoisotopic (exact) mass is 438 g/mol. The highest BCUT2D eigenvalue weighted by molar-refractivity contribution is 6.33. The lowest BCUT2D eigenvalue weighted by Gasteiger charge is -2.56. The molecule has 4 bridgehead atoms. The first-order valence-corrected chi connectivity index (χ1v) is 11.4. The minimum atomic E-state index is -0.0588. The number of hydrogen-bond donors (Lipinski definition) is 2. The number of piperidine rings is 1. The minimum absolute atomic E-state index is 0. The fraction of sp³-hybridized carbons (Fsp3) is 0.696. The van der Waals surface area contributed by atoms with Crippen LogP contribution in [0.4, 0.5) is 0 Å². The van der Waals surface area contributed by atoms with E-state index in [1.54, 1.807) is 6.07 Å². The molecule has 1 aromatic rings. The number of nitrogens with one attached hydrogen (secondary N) is 2.